The van der Waals surface area contributed by atoms with E-state index in [4.69, 9.17) is 10.7 Å². The first kappa shape index (κ1) is 16.7. The van der Waals surface area contributed by atoms with Crippen LogP contribution >= 0.6 is 0 Å². The summed E-state index contributed by atoms with van der Waals surface area (Å²) in [5.41, 5.74) is 10.3. The largest absolute Gasteiger partial charge is 0.369 e. The Bertz CT molecular complexity index is 718. The molecule has 0 fully saturated rings. The number of nitrogens with zero attached hydrogens (tertiary/aromatic N) is 2. The van der Waals surface area contributed by atoms with Crippen LogP contribution in [0, 0.1) is 12.8 Å². The van der Waals surface area contributed by atoms with Gasteiger partial charge in [-0.15, -0.1) is 0 Å². The Labute approximate surface area is 142 Å². The molecule has 0 saturated carbocycles. The van der Waals surface area contributed by atoms with Crippen LogP contribution in [0.3, 0.4) is 0 Å². The Hall–Kier alpha value is -2.17. The number of amidine groups is 1. The summed E-state index contributed by atoms with van der Waals surface area (Å²) in [6.07, 6.45) is 3.18. The fourth-order valence-electron chi connectivity index (χ4n) is 3.43. The maximum absolute atomic E-state index is 13.5. The Morgan fingerprint density at radius 2 is 2.21 bits per heavy atom. The van der Waals surface area contributed by atoms with Gasteiger partial charge in [-0.1, -0.05) is 36.8 Å². The van der Waals surface area contributed by atoms with E-state index in [2.05, 4.69) is 42.4 Å². The summed E-state index contributed by atoms with van der Waals surface area (Å²) >= 11 is 0. The smallest absolute Gasteiger partial charge is 0.199 e. The van der Waals surface area contributed by atoms with Crippen LogP contribution in [0.25, 0.3) is 0 Å². The van der Waals surface area contributed by atoms with Gasteiger partial charge in [0.15, 0.2) is 5.96 Å². The van der Waals surface area contributed by atoms with Gasteiger partial charge in [0.1, 0.15) is 12.0 Å². The zero-order chi connectivity index (χ0) is 17.3. The van der Waals surface area contributed by atoms with E-state index in [9.17, 15) is 4.39 Å². The second-order valence-electron chi connectivity index (χ2n) is 6.81. The van der Waals surface area contributed by atoms with Crippen LogP contribution < -0.4 is 11.1 Å². The van der Waals surface area contributed by atoms with Crippen molar-refractivity contribution in [2.45, 2.75) is 52.2 Å². The van der Waals surface area contributed by atoms with Gasteiger partial charge in [0.2, 0.25) is 0 Å². The van der Waals surface area contributed by atoms with Gasteiger partial charge in [0, 0.05) is 12.1 Å². The summed E-state index contributed by atoms with van der Waals surface area (Å²) < 4.78 is 13.5. The summed E-state index contributed by atoms with van der Waals surface area (Å²) in [6.45, 7) is 5.82. The van der Waals surface area contributed by atoms with Crippen molar-refractivity contribution in [3.05, 3.63) is 46.7 Å². The molecule has 3 N–H and O–H groups in total. The van der Waals surface area contributed by atoms with Crippen LogP contribution in [0.4, 0.5) is 4.39 Å². The fourth-order valence-corrected chi connectivity index (χ4v) is 3.43. The van der Waals surface area contributed by atoms with Gasteiger partial charge in [-0.3, -0.25) is 4.99 Å². The Balaban J connectivity index is 1.87. The lowest BCUT2D eigenvalue weighted by Crippen LogP contribution is -2.35. The first-order valence-corrected chi connectivity index (χ1v) is 8.55. The number of halogens is 1. The highest BCUT2D eigenvalue weighted by Crippen LogP contribution is 2.39. The van der Waals surface area contributed by atoms with Crippen molar-refractivity contribution in [1.29, 1.82) is 0 Å². The average molecular weight is 328 g/mol. The molecule has 0 bridgehead atoms. The lowest BCUT2D eigenvalue weighted by atomic mass is 10.0. The minimum Gasteiger partial charge on any atom is -0.369 e. The maximum atomic E-state index is 13.5. The molecule has 0 aromatic heterocycles. The summed E-state index contributed by atoms with van der Waals surface area (Å²) in [5.74, 6) is 1.38. The van der Waals surface area contributed by atoms with Crippen LogP contribution in [-0.4, -0.2) is 18.0 Å². The summed E-state index contributed by atoms with van der Waals surface area (Å²) in [7, 11) is 0. The predicted octanol–water partition coefficient (Wildman–Crippen LogP) is 3.57. The molecule has 0 amide bonds. The zero-order valence-electron chi connectivity index (χ0n) is 14.5. The number of hydrogen-bond acceptors (Lipinski definition) is 3. The second kappa shape index (κ2) is 6.75. The Morgan fingerprint density at radius 3 is 2.96 bits per heavy atom. The molecular weight excluding hydrogens is 303 g/mol. The summed E-state index contributed by atoms with van der Waals surface area (Å²) in [4.78, 5) is 9.29. The van der Waals surface area contributed by atoms with E-state index in [1.807, 2.05) is 6.08 Å². The Morgan fingerprint density at radius 1 is 1.42 bits per heavy atom. The van der Waals surface area contributed by atoms with Crippen molar-refractivity contribution >= 4 is 11.8 Å². The molecule has 1 aromatic carbocycles. The van der Waals surface area contributed by atoms with Crippen molar-refractivity contribution in [2.24, 2.45) is 21.6 Å². The van der Waals surface area contributed by atoms with Crippen molar-refractivity contribution in [3.8, 4) is 0 Å². The summed E-state index contributed by atoms with van der Waals surface area (Å²) in [5, 5.41) is 2.85. The highest BCUT2D eigenvalue weighted by Gasteiger charge is 2.29. The molecule has 1 aliphatic carbocycles. The molecule has 1 aromatic rings. The number of allylic oxidation sites excluding steroid dienone is 2. The van der Waals surface area contributed by atoms with E-state index in [0.717, 1.165) is 12.3 Å². The third kappa shape index (κ3) is 3.50. The molecule has 1 aliphatic heterocycles. The van der Waals surface area contributed by atoms with Gasteiger partial charge in [0.05, 0.1) is 6.04 Å². The van der Waals surface area contributed by atoms with E-state index in [-0.39, 0.29) is 12.0 Å². The average Bonchev–Trinajstić information content (AvgIpc) is 2.79. The van der Waals surface area contributed by atoms with E-state index in [1.165, 1.54) is 23.6 Å². The second-order valence-corrected chi connectivity index (χ2v) is 6.81. The SMILES string of the molecule is Cc1ccc2c(c1)C(N=C1CC/C=C(/C(C)F)NC(N)=N1)C(C)C2. The molecule has 4 nitrogen and oxygen atoms in total. The number of aliphatic imine (C=N–C) groups is 2. The summed E-state index contributed by atoms with van der Waals surface area (Å²) in [6, 6.07) is 6.71. The quantitative estimate of drug-likeness (QED) is 0.872. The van der Waals surface area contributed by atoms with E-state index < -0.39 is 6.17 Å². The van der Waals surface area contributed by atoms with Gasteiger partial charge in [-0.05, 0) is 43.7 Å². The number of aryl methyl sites for hydroxylation is 1. The predicted molar refractivity (Wildman–Crippen MR) is 96.9 cm³/mol. The van der Waals surface area contributed by atoms with Crippen molar-refractivity contribution in [2.75, 3.05) is 0 Å². The maximum Gasteiger partial charge on any atom is 0.199 e. The van der Waals surface area contributed by atoms with E-state index >= 15 is 0 Å². The Kier molecular flexibility index (Phi) is 4.69. The van der Waals surface area contributed by atoms with Crippen LogP contribution in [0.2, 0.25) is 0 Å². The number of nitrogens with two attached hydrogens (primary N) is 1. The number of rotatable bonds is 2. The molecule has 2 aliphatic rings. The third-order valence-electron chi connectivity index (χ3n) is 4.67. The number of fused-ring (bicyclic) bond motifs is 1. The first-order chi connectivity index (χ1) is 11.4. The molecule has 128 valence electrons. The van der Waals surface area contributed by atoms with Crippen molar-refractivity contribution < 1.29 is 4.39 Å². The minimum absolute atomic E-state index is 0.120. The monoisotopic (exact) mass is 328 g/mol. The lowest BCUT2D eigenvalue weighted by Gasteiger charge is -2.17. The molecule has 5 heteroatoms. The first-order valence-electron chi connectivity index (χ1n) is 8.55. The molecule has 1 heterocycles. The highest BCUT2D eigenvalue weighted by atomic mass is 19.1. The van der Waals surface area contributed by atoms with E-state index in [1.54, 1.807) is 0 Å². The lowest BCUT2D eigenvalue weighted by molar-refractivity contribution is 0.400. The number of alkyl halides is 1. The molecule has 0 saturated heterocycles. The zero-order valence-corrected chi connectivity index (χ0v) is 14.5. The van der Waals surface area contributed by atoms with Crippen LogP contribution in [-0.2, 0) is 6.42 Å². The van der Waals surface area contributed by atoms with Crippen molar-refractivity contribution in [3.63, 3.8) is 0 Å². The van der Waals surface area contributed by atoms with Crippen LogP contribution in [0.15, 0.2) is 40.0 Å². The van der Waals surface area contributed by atoms with Crippen LogP contribution in [0.1, 0.15) is 49.4 Å². The molecule has 0 spiro atoms. The molecule has 0 radical (unpaired) electrons. The number of nitrogens with one attached hydrogen (secondary N) is 1. The molecule has 24 heavy (non-hydrogen) atoms. The fraction of sp³-hybridized carbons (Fsp3) is 0.474. The van der Waals surface area contributed by atoms with Gasteiger partial charge in [-0.25, -0.2) is 9.38 Å². The van der Waals surface area contributed by atoms with Gasteiger partial charge < -0.3 is 11.1 Å². The molecule has 3 atom stereocenters. The van der Waals surface area contributed by atoms with Gasteiger partial charge in [-0.2, -0.15) is 0 Å². The molecule has 3 unspecified atom stereocenters. The standard InChI is InChI=1S/C19H25FN4/c1-11-7-8-14-10-12(2)18(15(14)9-11)23-17-6-4-5-16(13(3)20)22-19(21)24-17/h5,7-9,12-13,18H,4,6,10H2,1-3H3,(H3,21,22,23,24)/b16-5-. The molecule has 3 rings (SSSR count). The van der Waals surface area contributed by atoms with Gasteiger partial charge >= 0.3 is 0 Å². The van der Waals surface area contributed by atoms with Gasteiger partial charge in [0.25, 0.3) is 0 Å². The highest BCUT2D eigenvalue weighted by molar-refractivity contribution is 5.96. The van der Waals surface area contributed by atoms with Crippen LogP contribution in [0.5, 0.6) is 0 Å². The third-order valence-corrected chi connectivity index (χ3v) is 4.67. The topological polar surface area (TPSA) is 62.8 Å². The number of hydrogen-bond donors (Lipinski definition) is 2. The van der Waals surface area contributed by atoms with Crippen molar-refractivity contribution in [1.82, 2.24) is 5.32 Å². The number of guanidine groups is 1. The van der Waals surface area contributed by atoms with E-state index in [0.29, 0.717) is 24.5 Å². The molecular formula is C19H25FN4. The normalized spacial score (nSPS) is 28.9. The number of benzene rings is 1. The minimum atomic E-state index is -1.08.